The number of nitrogens with zero attached hydrogens (tertiary/aromatic N) is 2. The minimum absolute atomic E-state index is 0.844. The van der Waals surface area contributed by atoms with Crippen molar-refractivity contribution < 1.29 is 4.74 Å². The smallest absolute Gasteiger partial charge is 0.119 e. The van der Waals surface area contributed by atoms with Crippen LogP contribution in [0.25, 0.3) is 0 Å². The number of hydrogen-bond acceptors (Lipinski definition) is 3. The number of ether oxygens (including phenoxy) is 1. The SMILES string of the molecule is CCCN1CCc2cc(OCCCN3CCCCC3)ccc2C1. The molecule has 2 heterocycles. The molecule has 3 heteroatoms. The van der Waals surface area contributed by atoms with Gasteiger partial charge in [0.2, 0.25) is 0 Å². The lowest BCUT2D eigenvalue weighted by Gasteiger charge is -2.28. The Kier molecular flexibility index (Phi) is 6.35. The molecule has 1 fully saturated rings. The van der Waals surface area contributed by atoms with Crippen molar-refractivity contribution in [1.29, 1.82) is 0 Å². The van der Waals surface area contributed by atoms with E-state index in [4.69, 9.17) is 4.74 Å². The Balaban J connectivity index is 1.42. The average molecular weight is 316 g/mol. The largest absolute Gasteiger partial charge is 0.494 e. The quantitative estimate of drug-likeness (QED) is 0.713. The van der Waals surface area contributed by atoms with Crippen molar-refractivity contribution in [3.8, 4) is 5.75 Å². The molecular weight excluding hydrogens is 284 g/mol. The van der Waals surface area contributed by atoms with Gasteiger partial charge in [-0.1, -0.05) is 19.4 Å². The first-order valence-corrected chi connectivity index (χ1v) is 9.54. The lowest BCUT2D eigenvalue weighted by Crippen LogP contribution is -2.31. The highest BCUT2D eigenvalue weighted by molar-refractivity contribution is 5.37. The van der Waals surface area contributed by atoms with Crippen molar-refractivity contribution in [3.63, 3.8) is 0 Å². The van der Waals surface area contributed by atoms with Crippen LogP contribution in [0.2, 0.25) is 0 Å². The van der Waals surface area contributed by atoms with Crippen molar-refractivity contribution in [2.45, 2.75) is 52.0 Å². The molecule has 23 heavy (non-hydrogen) atoms. The first kappa shape index (κ1) is 16.8. The summed E-state index contributed by atoms with van der Waals surface area (Å²) in [4.78, 5) is 5.14. The van der Waals surface area contributed by atoms with Crippen molar-refractivity contribution in [3.05, 3.63) is 29.3 Å². The third-order valence-electron chi connectivity index (χ3n) is 5.14. The molecule has 1 aromatic carbocycles. The highest BCUT2D eigenvalue weighted by Gasteiger charge is 2.16. The summed E-state index contributed by atoms with van der Waals surface area (Å²) < 4.78 is 6.00. The van der Waals surface area contributed by atoms with E-state index >= 15 is 0 Å². The Hall–Kier alpha value is -1.06. The van der Waals surface area contributed by atoms with Gasteiger partial charge >= 0.3 is 0 Å². The zero-order chi connectivity index (χ0) is 15.9. The van der Waals surface area contributed by atoms with E-state index in [9.17, 15) is 0 Å². The van der Waals surface area contributed by atoms with Crippen molar-refractivity contribution >= 4 is 0 Å². The van der Waals surface area contributed by atoms with E-state index < -0.39 is 0 Å². The molecule has 0 saturated carbocycles. The minimum atomic E-state index is 0.844. The van der Waals surface area contributed by atoms with Gasteiger partial charge < -0.3 is 9.64 Å². The first-order chi connectivity index (χ1) is 11.3. The minimum Gasteiger partial charge on any atom is -0.494 e. The number of rotatable bonds is 7. The highest BCUT2D eigenvalue weighted by atomic mass is 16.5. The molecule has 0 N–H and O–H groups in total. The van der Waals surface area contributed by atoms with Crippen LogP contribution in [0.4, 0.5) is 0 Å². The van der Waals surface area contributed by atoms with Crippen LogP contribution in [0, 0.1) is 0 Å². The standard InChI is InChI=1S/C20H32N2O/c1-2-10-22-14-9-18-16-20(8-7-19(18)17-22)23-15-6-13-21-11-4-3-5-12-21/h7-8,16H,2-6,9-15,17H2,1H3. The Morgan fingerprint density at radius 2 is 1.83 bits per heavy atom. The molecule has 0 aliphatic carbocycles. The number of piperidine rings is 1. The summed E-state index contributed by atoms with van der Waals surface area (Å²) in [6.07, 6.45) is 7.72. The number of likely N-dealkylation sites (tertiary alicyclic amines) is 1. The topological polar surface area (TPSA) is 15.7 Å². The number of benzene rings is 1. The van der Waals surface area contributed by atoms with Gasteiger partial charge in [0, 0.05) is 19.6 Å². The summed E-state index contributed by atoms with van der Waals surface area (Å²) in [7, 11) is 0. The van der Waals surface area contributed by atoms with Gasteiger partial charge in [0.1, 0.15) is 5.75 Å². The molecule has 0 spiro atoms. The summed E-state index contributed by atoms with van der Waals surface area (Å²) >= 11 is 0. The van der Waals surface area contributed by atoms with Gasteiger partial charge in [-0.2, -0.15) is 0 Å². The summed E-state index contributed by atoms with van der Waals surface area (Å²) in [5, 5.41) is 0. The van der Waals surface area contributed by atoms with E-state index in [0.717, 1.165) is 25.3 Å². The second kappa shape index (κ2) is 8.70. The summed E-state index contributed by atoms with van der Waals surface area (Å²) in [6.45, 7) is 10.4. The van der Waals surface area contributed by atoms with Gasteiger partial charge in [-0.25, -0.2) is 0 Å². The zero-order valence-electron chi connectivity index (χ0n) is 14.7. The zero-order valence-corrected chi connectivity index (χ0v) is 14.7. The maximum Gasteiger partial charge on any atom is 0.119 e. The predicted molar refractivity (Wildman–Crippen MR) is 96.1 cm³/mol. The van der Waals surface area contributed by atoms with Crippen LogP contribution in [0.5, 0.6) is 5.75 Å². The van der Waals surface area contributed by atoms with Crippen LogP contribution in [-0.4, -0.2) is 49.1 Å². The molecule has 1 saturated heterocycles. The monoisotopic (exact) mass is 316 g/mol. The molecule has 0 atom stereocenters. The van der Waals surface area contributed by atoms with Crippen LogP contribution < -0.4 is 4.74 Å². The second-order valence-electron chi connectivity index (χ2n) is 7.06. The van der Waals surface area contributed by atoms with Gasteiger partial charge in [-0.3, -0.25) is 4.90 Å². The van der Waals surface area contributed by atoms with Crippen molar-refractivity contribution in [2.75, 3.05) is 39.3 Å². The predicted octanol–water partition coefficient (Wildman–Crippen LogP) is 3.71. The summed E-state index contributed by atoms with van der Waals surface area (Å²) in [5.41, 5.74) is 2.98. The van der Waals surface area contributed by atoms with E-state index in [-0.39, 0.29) is 0 Å². The van der Waals surface area contributed by atoms with Gasteiger partial charge in [0.25, 0.3) is 0 Å². The lowest BCUT2D eigenvalue weighted by molar-refractivity contribution is 0.204. The number of fused-ring (bicyclic) bond motifs is 1. The van der Waals surface area contributed by atoms with Gasteiger partial charge in [0.15, 0.2) is 0 Å². The fourth-order valence-corrected chi connectivity index (χ4v) is 3.85. The average Bonchev–Trinajstić information content (AvgIpc) is 2.60. The van der Waals surface area contributed by atoms with E-state index in [1.54, 1.807) is 0 Å². The molecular formula is C20H32N2O. The van der Waals surface area contributed by atoms with Crippen LogP contribution in [-0.2, 0) is 13.0 Å². The Morgan fingerprint density at radius 3 is 2.65 bits per heavy atom. The molecule has 2 aliphatic rings. The Morgan fingerprint density at radius 1 is 0.957 bits per heavy atom. The highest BCUT2D eigenvalue weighted by Crippen LogP contribution is 2.24. The Bertz CT molecular complexity index is 483. The molecule has 0 aromatic heterocycles. The molecule has 0 amide bonds. The summed E-state index contributed by atoms with van der Waals surface area (Å²) in [5.74, 6) is 1.06. The van der Waals surface area contributed by atoms with E-state index in [1.807, 2.05) is 0 Å². The summed E-state index contributed by atoms with van der Waals surface area (Å²) in [6, 6.07) is 6.71. The van der Waals surface area contributed by atoms with Gasteiger partial charge in [0.05, 0.1) is 6.61 Å². The second-order valence-corrected chi connectivity index (χ2v) is 7.06. The molecule has 1 aromatic rings. The molecule has 3 rings (SSSR count). The van der Waals surface area contributed by atoms with E-state index in [0.29, 0.717) is 0 Å². The molecule has 0 unspecified atom stereocenters. The van der Waals surface area contributed by atoms with E-state index in [1.165, 1.54) is 76.0 Å². The normalized spacial score (nSPS) is 19.5. The van der Waals surface area contributed by atoms with Crippen molar-refractivity contribution in [2.24, 2.45) is 0 Å². The molecule has 128 valence electrons. The maximum atomic E-state index is 6.00. The van der Waals surface area contributed by atoms with Crippen molar-refractivity contribution in [1.82, 2.24) is 9.80 Å². The van der Waals surface area contributed by atoms with E-state index in [2.05, 4.69) is 34.9 Å². The molecule has 0 radical (unpaired) electrons. The maximum absolute atomic E-state index is 6.00. The first-order valence-electron chi connectivity index (χ1n) is 9.54. The molecule has 3 nitrogen and oxygen atoms in total. The van der Waals surface area contributed by atoms with Crippen LogP contribution in [0.1, 0.15) is 50.2 Å². The third-order valence-corrected chi connectivity index (χ3v) is 5.14. The van der Waals surface area contributed by atoms with Gasteiger partial charge in [-0.05, 0) is 75.0 Å². The lowest BCUT2D eigenvalue weighted by atomic mass is 9.99. The molecule has 0 bridgehead atoms. The van der Waals surface area contributed by atoms with Crippen LogP contribution >= 0.6 is 0 Å². The van der Waals surface area contributed by atoms with Gasteiger partial charge in [-0.15, -0.1) is 0 Å². The van der Waals surface area contributed by atoms with Crippen LogP contribution in [0.3, 0.4) is 0 Å². The number of hydrogen-bond donors (Lipinski definition) is 0. The fourth-order valence-electron chi connectivity index (χ4n) is 3.85. The van der Waals surface area contributed by atoms with Crippen LogP contribution in [0.15, 0.2) is 18.2 Å². The Labute approximate surface area is 141 Å². The fraction of sp³-hybridized carbons (Fsp3) is 0.700. The third kappa shape index (κ3) is 4.95. The molecule has 2 aliphatic heterocycles.